The van der Waals surface area contributed by atoms with E-state index in [-0.39, 0.29) is 21.8 Å². The quantitative estimate of drug-likeness (QED) is 0.907. The number of carboxylic acids is 1. The fraction of sp³-hybridized carbons (Fsp3) is 0.0769. The number of halogens is 4. The predicted molar refractivity (Wildman–Crippen MR) is 66.6 cm³/mol. The van der Waals surface area contributed by atoms with Gasteiger partial charge in [0.25, 0.3) is 0 Å². The summed E-state index contributed by atoms with van der Waals surface area (Å²) in [5, 5.41) is 8.85. The molecule has 1 aromatic heterocycles. The normalized spacial score (nSPS) is 11.4. The van der Waals surface area contributed by atoms with E-state index in [4.69, 9.17) is 16.7 Å². The zero-order valence-electron chi connectivity index (χ0n) is 9.78. The number of hydrogen-bond donors (Lipinski definition) is 1. The van der Waals surface area contributed by atoms with Gasteiger partial charge in [0.2, 0.25) is 0 Å². The molecule has 0 amide bonds. The number of carboxylic acid groups (broad SMARTS) is 1. The summed E-state index contributed by atoms with van der Waals surface area (Å²) in [5.41, 5.74) is -0.769. The van der Waals surface area contributed by atoms with Crippen LogP contribution in [-0.4, -0.2) is 16.1 Å². The Labute approximate surface area is 116 Å². The number of hydrogen-bond acceptors (Lipinski definition) is 2. The van der Waals surface area contributed by atoms with E-state index < -0.39 is 17.7 Å². The van der Waals surface area contributed by atoms with Gasteiger partial charge in [-0.3, -0.25) is 4.98 Å². The maximum Gasteiger partial charge on any atom is 0.416 e. The SMILES string of the molecule is O=C(O)c1cc(-c2cccc(C(F)(F)F)c2)ncc1Cl. The number of alkyl halides is 3. The molecule has 0 aliphatic heterocycles. The topological polar surface area (TPSA) is 50.2 Å². The Balaban J connectivity index is 2.52. The molecule has 0 saturated heterocycles. The number of pyridine rings is 1. The molecule has 20 heavy (non-hydrogen) atoms. The van der Waals surface area contributed by atoms with Gasteiger partial charge in [-0.15, -0.1) is 0 Å². The Morgan fingerprint density at radius 3 is 2.55 bits per heavy atom. The van der Waals surface area contributed by atoms with E-state index in [1.54, 1.807) is 0 Å². The van der Waals surface area contributed by atoms with Crippen molar-refractivity contribution in [2.75, 3.05) is 0 Å². The van der Waals surface area contributed by atoms with Gasteiger partial charge in [-0.1, -0.05) is 23.7 Å². The van der Waals surface area contributed by atoms with Gasteiger partial charge in [-0.25, -0.2) is 4.79 Å². The summed E-state index contributed by atoms with van der Waals surface area (Å²) >= 11 is 5.66. The van der Waals surface area contributed by atoms with Gasteiger partial charge < -0.3 is 5.11 Å². The van der Waals surface area contributed by atoms with Gasteiger partial charge in [-0.2, -0.15) is 13.2 Å². The van der Waals surface area contributed by atoms with E-state index in [2.05, 4.69) is 4.98 Å². The molecule has 3 nitrogen and oxygen atoms in total. The van der Waals surface area contributed by atoms with Crippen LogP contribution in [0.1, 0.15) is 15.9 Å². The molecule has 2 rings (SSSR count). The second-order valence-corrected chi connectivity index (χ2v) is 4.34. The summed E-state index contributed by atoms with van der Waals surface area (Å²) in [7, 11) is 0. The monoisotopic (exact) mass is 301 g/mol. The molecule has 0 saturated carbocycles. The predicted octanol–water partition coefficient (Wildman–Crippen LogP) is 4.12. The van der Waals surface area contributed by atoms with Crippen LogP contribution in [0.2, 0.25) is 5.02 Å². The molecule has 0 fully saturated rings. The van der Waals surface area contributed by atoms with Crippen molar-refractivity contribution in [3.8, 4) is 11.3 Å². The smallest absolute Gasteiger partial charge is 0.416 e. The highest BCUT2D eigenvalue weighted by molar-refractivity contribution is 6.33. The third kappa shape index (κ3) is 2.91. The van der Waals surface area contributed by atoms with Crippen molar-refractivity contribution < 1.29 is 23.1 Å². The standard InChI is InChI=1S/C13H7ClF3NO2/c14-10-6-18-11(5-9(10)12(19)20)7-2-1-3-8(4-7)13(15,16)17/h1-6H,(H,19,20). The van der Waals surface area contributed by atoms with Crippen molar-refractivity contribution in [2.45, 2.75) is 6.18 Å². The summed E-state index contributed by atoms with van der Waals surface area (Å²) in [6.45, 7) is 0. The minimum atomic E-state index is -4.47. The van der Waals surface area contributed by atoms with E-state index in [0.29, 0.717) is 0 Å². The van der Waals surface area contributed by atoms with E-state index in [9.17, 15) is 18.0 Å². The zero-order valence-corrected chi connectivity index (χ0v) is 10.5. The molecule has 104 valence electrons. The average molecular weight is 302 g/mol. The lowest BCUT2D eigenvalue weighted by Crippen LogP contribution is -2.05. The first-order valence-corrected chi connectivity index (χ1v) is 5.73. The molecule has 0 unspecified atom stereocenters. The van der Waals surface area contributed by atoms with E-state index >= 15 is 0 Å². The fourth-order valence-electron chi connectivity index (χ4n) is 1.62. The van der Waals surface area contributed by atoms with E-state index in [0.717, 1.165) is 24.4 Å². The molecular weight excluding hydrogens is 295 g/mol. The molecule has 0 atom stereocenters. The van der Waals surface area contributed by atoms with Crippen LogP contribution in [0.25, 0.3) is 11.3 Å². The molecule has 0 aliphatic carbocycles. The van der Waals surface area contributed by atoms with E-state index in [1.165, 1.54) is 12.1 Å². The molecular formula is C13H7ClF3NO2. The Kier molecular flexibility index (Phi) is 3.67. The van der Waals surface area contributed by atoms with Crippen LogP contribution in [0.4, 0.5) is 13.2 Å². The lowest BCUT2D eigenvalue weighted by atomic mass is 10.1. The van der Waals surface area contributed by atoms with Crippen molar-refractivity contribution in [1.29, 1.82) is 0 Å². The summed E-state index contributed by atoms with van der Waals surface area (Å²) in [4.78, 5) is 14.8. The number of rotatable bonds is 2. The Morgan fingerprint density at radius 1 is 1.25 bits per heavy atom. The van der Waals surface area contributed by atoms with Crippen LogP contribution >= 0.6 is 11.6 Å². The van der Waals surface area contributed by atoms with Crippen LogP contribution < -0.4 is 0 Å². The summed E-state index contributed by atoms with van der Waals surface area (Å²) in [6.07, 6.45) is -3.38. The van der Waals surface area contributed by atoms with Crippen molar-refractivity contribution in [3.63, 3.8) is 0 Å². The lowest BCUT2D eigenvalue weighted by Gasteiger charge is -2.09. The fourth-order valence-corrected chi connectivity index (χ4v) is 1.80. The van der Waals surface area contributed by atoms with Crippen LogP contribution in [-0.2, 0) is 6.18 Å². The molecule has 1 aromatic carbocycles. The first kappa shape index (κ1) is 14.3. The van der Waals surface area contributed by atoms with Crippen LogP contribution in [0.3, 0.4) is 0 Å². The molecule has 7 heteroatoms. The van der Waals surface area contributed by atoms with Gasteiger partial charge >= 0.3 is 12.1 Å². The molecule has 0 spiro atoms. The maximum absolute atomic E-state index is 12.6. The number of carbonyl (C=O) groups is 1. The highest BCUT2D eigenvalue weighted by atomic mass is 35.5. The number of benzene rings is 1. The first-order valence-electron chi connectivity index (χ1n) is 5.35. The molecule has 2 aromatic rings. The third-order valence-corrected chi connectivity index (χ3v) is 2.87. The van der Waals surface area contributed by atoms with Crippen molar-refractivity contribution >= 4 is 17.6 Å². The highest BCUT2D eigenvalue weighted by Gasteiger charge is 2.30. The first-order chi connectivity index (χ1) is 9.29. The molecule has 1 N–H and O–H groups in total. The summed E-state index contributed by atoms with van der Waals surface area (Å²) < 4.78 is 37.9. The maximum atomic E-state index is 12.6. The van der Waals surface area contributed by atoms with Crippen LogP contribution in [0, 0.1) is 0 Å². The average Bonchev–Trinajstić information content (AvgIpc) is 2.38. The Bertz CT molecular complexity index is 671. The zero-order chi connectivity index (χ0) is 14.9. The molecule has 1 heterocycles. The molecule has 0 radical (unpaired) electrons. The second-order valence-electron chi connectivity index (χ2n) is 3.93. The Morgan fingerprint density at radius 2 is 1.95 bits per heavy atom. The lowest BCUT2D eigenvalue weighted by molar-refractivity contribution is -0.137. The summed E-state index contributed by atoms with van der Waals surface area (Å²) in [5.74, 6) is -1.27. The number of aromatic carboxylic acids is 1. The van der Waals surface area contributed by atoms with Crippen molar-refractivity contribution in [2.24, 2.45) is 0 Å². The number of aromatic nitrogens is 1. The summed E-state index contributed by atoms with van der Waals surface area (Å²) in [6, 6.07) is 5.62. The van der Waals surface area contributed by atoms with Gasteiger partial charge in [0, 0.05) is 11.8 Å². The second kappa shape index (κ2) is 5.13. The van der Waals surface area contributed by atoms with Crippen molar-refractivity contribution in [1.82, 2.24) is 4.98 Å². The van der Waals surface area contributed by atoms with Gasteiger partial charge in [-0.05, 0) is 18.2 Å². The minimum absolute atomic E-state index is 0.0757. The third-order valence-electron chi connectivity index (χ3n) is 2.57. The largest absolute Gasteiger partial charge is 0.478 e. The minimum Gasteiger partial charge on any atom is -0.478 e. The molecule has 0 bridgehead atoms. The Hall–Kier alpha value is -2.08. The van der Waals surface area contributed by atoms with E-state index in [1.807, 2.05) is 0 Å². The molecule has 0 aliphatic rings. The highest BCUT2D eigenvalue weighted by Crippen LogP contribution is 2.32. The van der Waals surface area contributed by atoms with Gasteiger partial charge in [0.15, 0.2) is 0 Å². The number of nitrogens with zero attached hydrogens (tertiary/aromatic N) is 1. The van der Waals surface area contributed by atoms with Crippen molar-refractivity contribution in [3.05, 3.63) is 52.7 Å². The van der Waals surface area contributed by atoms with Crippen LogP contribution in [0.5, 0.6) is 0 Å². The van der Waals surface area contributed by atoms with Gasteiger partial charge in [0.1, 0.15) is 0 Å². The van der Waals surface area contributed by atoms with Crippen LogP contribution in [0.15, 0.2) is 36.5 Å². The van der Waals surface area contributed by atoms with Gasteiger partial charge in [0.05, 0.1) is 21.8 Å².